The van der Waals surface area contributed by atoms with Crippen molar-refractivity contribution in [2.75, 3.05) is 6.61 Å². The summed E-state index contributed by atoms with van der Waals surface area (Å²) >= 11 is 0. The SMILES string of the molecule is CC1(C)OB(C#CCCC(COCc2ccccc2)O[Si](C)(C)C(C)(C)C)OC1(C)C. The molecule has 6 heteroatoms. The Bertz CT molecular complexity index is 743. The fourth-order valence-electron chi connectivity index (χ4n) is 2.94. The van der Waals surface area contributed by atoms with Crippen LogP contribution in [0.4, 0.5) is 0 Å². The molecule has 2 rings (SSSR count). The molecule has 0 spiro atoms. The molecule has 0 saturated carbocycles. The van der Waals surface area contributed by atoms with Crippen LogP contribution in [0.1, 0.15) is 66.9 Å². The van der Waals surface area contributed by atoms with Crippen LogP contribution < -0.4 is 0 Å². The minimum absolute atomic E-state index is 0.0252. The molecule has 1 saturated heterocycles. The number of hydrogen-bond donors (Lipinski definition) is 0. The summed E-state index contributed by atoms with van der Waals surface area (Å²) in [4.78, 5) is 0. The summed E-state index contributed by atoms with van der Waals surface area (Å²) in [5, 5.41) is 0.152. The van der Waals surface area contributed by atoms with E-state index in [9.17, 15) is 0 Å². The highest BCUT2D eigenvalue weighted by Gasteiger charge is 2.50. The molecule has 0 bridgehead atoms. The molecule has 0 radical (unpaired) electrons. The van der Waals surface area contributed by atoms with Crippen molar-refractivity contribution in [3.63, 3.8) is 0 Å². The fourth-order valence-corrected chi connectivity index (χ4v) is 4.32. The minimum Gasteiger partial charge on any atom is -0.412 e. The van der Waals surface area contributed by atoms with Gasteiger partial charge < -0.3 is 18.5 Å². The van der Waals surface area contributed by atoms with E-state index in [4.69, 9.17) is 18.5 Å². The molecule has 1 aliphatic rings. The van der Waals surface area contributed by atoms with Crippen LogP contribution >= 0.6 is 0 Å². The fraction of sp³-hybridized carbons (Fsp3) is 0.680. The molecule has 0 N–H and O–H groups in total. The van der Waals surface area contributed by atoms with E-state index in [2.05, 4.69) is 57.7 Å². The van der Waals surface area contributed by atoms with Gasteiger partial charge in [0.15, 0.2) is 8.32 Å². The molecule has 1 aromatic rings. The Labute approximate surface area is 191 Å². The second-order valence-electron chi connectivity index (χ2n) is 10.9. The van der Waals surface area contributed by atoms with E-state index in [-0.39, 0.29) is 22.3 Å². The topological polar surface area (TPSA) is 36.9 Å². The third-order valence-electron chi connectivity index (χ3n) is 6.75. The maximum absolute atomic E-state index is 6.66. The molecule has 1 aliphatic heterocycles. The lowest BCUT2D eigenvalue weighted by Crippen LogP contribution is -2.45. The molecule has 1 aromatic carbocycles. The van der Waals surface area contributed by atoms with Crippen molar-refractivity contribution in [2.24, 2.45) is 0 Å². The van der Waals surface area contributed by atoms with Crippen molar-refractivity contribution in [1.29, 1.82) is 0 Å². The molecular formula is C25H41BO4Si. The lowest BCUT2D eigenvalue weighted by molar-refractivity contribution is 0.00578. The summed E-state index contributed by atoms with van der Waals surface area (Å²) < 4.78 is 24.6. The minimum atomic E-state index is -1.90. The van der Waals surface area contributed by atoms with Crippen molar-refractivity contribution in [1.82, 2.24) is 0 Å². The van der Waals surface area contributed by atoms with Gasteiger partial charge in [-0.2, -0.15) is 0 Å². The van der Waals surface area contributed by atoms with Crippen LogP contribution in [0.5, 0.6) is 0 Å². The first-order chi connectivity index (χ1) is 14.2. The summed E-state index contributed by atoms with van der Waals surface area (Å²) in [6.07, 6.45) is 1.57. The largest absolute Gasteiger partial charge is 0.551 e. The van der Waals surface area contributed by atoms with Crippen molar-refractivity contribution in [3.8, 4) is 11.7 Å². The van der Waals surface area contributed by atoms with Gasteiger partial charge in [0.25, 0.3) is 0 Å². The highest BCUT2D eigenvalue weighted by atomic mass is 28.4. The van der Waals surface area contributed by atoms with Crippen molar-refractivity contribution < 1.29 is 18.5 Å². The lowest BCUT2D eigenvalue weighted by atomic mass is 9.90. The molecule has 0 aliphatic carbocycles. The van der Waals surface area contributed by atoms with Crippen molar-refractivity contribution in [2.45, 2.75) is 103 Å². The van der Waals surface area contributed by atoms with Crippen LogP contribution in [0, 0.1) is 11.7 Å². The molecule has 31 heavy (non-hydrogen) atoms. The van der Waals surface area contributed by atoms with E-state index in [0.717, 1.165) is 12.8 Å². The maximum atomic E-state index is 6.66. The smallest absolute Gasteiger partial charge is 0.412 e. The Kier molecular flexibility index (Phi) is 8.63. The Hall–Kier alpha value is -1.10. The predicted molar refractivity (Wildman–Crippen MR) is 131 cm³/mol. The van der Waals surface area contributed by atoms with Gasteiger partial charge in [0.1, 0.15) is 0 Å². The second kappa shape index (κ2) is 10.2. The van der Waals surface area contributed by atoms with Crippen LogP contribution in [-0.2, 0) is 25.1 Å². The Morgan fingerprint density at radius 2 is 1.61 bits per heavy atom. The molecule has 0 amide bonds. The van der Waals surface area contributed by atoms with E-state index in [0.29, 0.717) is 13.2 Å². The Balaban J connectivity index is 1.94. The van der Waals surface area contributed by atoms with Gasteiger partial charge >= 0.3 is 7.12 Å². The van der Waals surface area contributed by atoms with E-state index >= 15 is 0 Å². The van der Waals surface area contributed by atoms with Gasteiger partial charge in [0, 0.05) is 6.42 Å². The summed E-state index contributed by atoms with van der Waals surface area (Å²) in [7, 11) is -2.37. The van der Waals surface area contributed by atoms with Crippen LogP contribution in [0.15, 0.2) is 30.3 Å². The van der Waals surface area contributed by atoms with Crippen molar-refractivity contribution >= 4 is 15.4 Å². The zero-order chi connectivity index (χ0) is 23.3. The molecule has 172 valence electrons. The number of benzene rings is 1. The Morgan fingerprint density at radius 1 is 1.03 bits per heavy atom. The highest BCUT2D eigenvalue weighted by Crippen LogP contribution is 2.38. The highest BCUT2D eigenvalue weighted by molar-refractivity contribution is 6.74. The third-order valence-corrected chi connectivity index (χ3v) is 11.3. The summed E-state index contributed by atoms with van der Waals surface area (Å²) in [5.41, 5.74) is 0.464. The molecule has 0 aromatic heterocycles. The predicted octanol–water partition coefficient (Wildman–Crippen LogP) is 6.01. The molecule has 1 heterocycles. The number of rotatable bonds is 8. The monoisotopic (exact) mass is 444 g/mol. The molecule has 1 unspecified atom stereocenters. The quantitative estimate of drug-likeness (QED) is 0.364. The average molecular weight is 444 g/mol. The van der Waals surface area contributed by atoms with Gasteiger partial charge in [-0.15, -0.1) is 5.92 Å². The second-order valence-corrected chi connectivity index (χ2v) is 15.7. The maximum Gasteiger partial charge on any atom is 0.551 e. The van der Waals surface area contributed by atoms with Gasteiger partial charge in [-0.05, 0) is 57.8 Å². The first-order valence-corrected chi connectivity index (χ1v) is 14.3. The van der Waals surface area contributed by atoms with Gasteiger partial charge in [0.2, 0.25) is 0 Å². The number of ether oxygens (including phenoxy) is 1. The van der Waals surface area contributed by atoms with Gasteiger partial charge in [-0.1, -0.05) is 56.9 Å². The van der Waals surface area contributed by atoms with Gasteiger partial charge in [-0.25, -0.2) is 0 Å². The van der Waals surface area contributed by atoms with E-state index < -0.39 is 15.4 Å². The van der Waals surface area contributed by atoms with E-state index in [1.165, 1.54) is 5.56 Å². The third kappa shape index (κ3) is 7.47. The van der Waals surface area contributed by atoms with Crippen LogP contribution in [-0.4, -0.2) is 39.3 Å². The van der Waals surface area contributed by atoms with Crippen LogP contribution in [0.3, 0.4) is 0 Å². The van der Waals surface area contributed by atoms with Crippen LogP contribution in [0.25, 0.3) is 0 Å². The normalized spacial score (nSPS) is 19.1. The Morgan fingerprint density at radius 3 is 2.16 bits per heavy atom. The van der Waals surface area contributed by atoms with E-state index in [1.807, 2.05) is 45.9 Å². The molecule has 1 fully saturated rings. The van der Waals surface area contributed by atoms with Crippen LogP contribution in [0.2, 0.25) is 18.1 Å². The molecule has 1 atom stereocenters. The van der Waals surface area contributed by atoms with Gasteiger partial charge in [0.05, 0.1) is 30.5 Å². The molecular weight excluding hydrogens is 403 g/mol. The van der Waals surface area contributed by atoms with Gasteiger partial charge in [-0.3, -0.25) is 0 Å². The average Bonchev–Trinajstić information content (AvgIpc) is 2.85. The molecule has 4 nitrogen and oxygen atoms in total. The zero-order valence-corrected chi connectivity index (χ0v) is 22.0. The van der Waals surface area contributed by atoms with E-state index in [1.54, 1.807) is 0 Å². The van der Waals surface area contributed by atoms with Crippen molar-refractivity contribution in [3.05, 3.63) is 35.9 Å². The lowest BCUT2D eigenvalue weighted by Gasteiger charge is -2.39. The number of hydrogen-bond acceptors (Lipinski definition) is 4. The first kappa shape index (κ1) is 26.2. The summed E-state index contributed by atoms with van der Waals surface area (Å²) in [6, 6.07) is 10.3. The first-order valence-electron chi connectivity index (χ1n) is 11.4. The summed E-state index contributed by atoms with van der Waals surface area (Å²) in [5.74, 6) is 6.39. The summed E-state index contributed by atoms with van der Waals surface area (Å²) in [6.45, 7) is 20.7. The standard InChI is InChI=1S/C25H41BO4Si/c1-23(2,3)31(8,9)28-22(20-27-19-21-15-11-10-12-16-21)17-13-14-18-26-29-24(4,5)25(6,7)30-26/h10-12,15-16,22H,13,17,19-20H2,1-9H3. The zero-order valence-electron chi connectivity index (χ0n) is 21.0.